The molecule has 4 heterocycles. The summed E-state index contributed by atoms with van der Waals surface area (Å²) in [6.45, 7) is 0. The first-order valence-electron chi connectivity index (χ1n) is 7.94. The molecule has 0 amide bonds. The van der Waals surface area contributed by atoms with Crippen LogP contribution in [0, 0.1) is 0 Å². The molecule has 4 aromatic heterocycles. The Morgan fingerprint density at radius 1 is 0.433 bits per heavy atom. The van der Waals surface area contributed by atoms with Crippen LogP contribution in [0.25, 0.3) is 0 Å². The van der Waals surface area contributed by atoms with Gasteiger partial charge in [-0.15, -0.1) is 12.4 Å². The second kappa shape index (κ2) is 19.0. The molecule has 0 aliphatic heterocycles. The Labute approximate surface area is 191 Å². The van der Waals surface area contributed by atoms with Crippen molar-refractivity contribution < 1.29 is 20.4 Å². The maximum absolute atomic E-state index is 8.57. The fourth-order valence-electron chi connectivity index (χ4n) is 1.41. The quantitative estimate of drug-likeness (QED) is 0.277. The molecule has 0 aliphatic rings. The van der Waals surface area contributed by atoms with Crippen molar-refractivity contribution in [2.45, 2.75) is 0 Å². The average molecular weight is 489 g/mol. The van der Waals surface area contributed by atoms with Crippen LogP contribution in [0.5, 0.6) is 23.0 Å². The summed E-state index contributed by atoms with van der Waals surface area (Å²) >= 11 is 0. The van der Waals surface area contributed by atoms with E-state index in [4.69, 9.17) is 20.4 Å². The third-order valence-corrected chi connectivity index (χ3v) is 2.58. The number of halogens is 1. The van der Waals surface area contributed by atoms with E-state index in [0.717, 1.165) is 0 Å². The predicted molar refractivity (Wildman–Crippen MR) is 117 cm³/mol. The monoisotopic (exact) mass is 490 g/mol. The van der Waals surface area contributed by atoms with Crippen molar-refractivity contribution in [1.29, 1.82) is 0 Å². The van der Waals surface area contributed by atoms with E-state index in [1.165, 1.54) is 24.8 Å². The minimum absolute atomic E-state index is 0. The van der Waals surface area contributed by atoms with Gasteiger partial charge in [0.2, 0.25) is 0 Å². The van der Waals surface area contributed by atoms with Crippen LogP contribution in [-0.4, -0.2) is 58.0 Å². The molecule has 0 saturated heterocycles. The number of hydrogen-bond donors (Lipinski definition) is 4. The maximum atomic E-state index is 8.57. The van der Waals surface area contributed by atoms with Crippen LogP contribution in [0.2, 0.25) is 0 Å². The molecule has 156 valence electrons. The maximum Gasteiger partial charge on any atom is 0.133 e. The van der Waals surface area contributed by atoms with Crippen molar-refractivity contribution in [3.8, 4) is 23.0 Å². The fourth-order valence-corrected chi connectivity index (χ4v) is 1.41. The fraction of sp³-hybridized carbons (Fsp3) is 0. The van der Waals surface area contributed by atoms with Crippen molar-refractivity contribution in [1.82, 2.24) is 19.9 Å². The van der Waals surface area contributed by atoms with Crippen LogP contribution in [-0.2, 0) is 0 Å². The Morgan fingerprint density at radius 3 is 0.700 bits per heavy atom. The molecule has 4 rings (SSSR count). The number of aromatic hydroxyl groups is 4. The Morgan fingerprint density at radius 2 is 0.633 bits per heavy atom. The van der Waals surface area contributed by atoms with E-state index in [2.05, 4.69) is 19.9 Å². The van der Waals surface area contributed by atoms with Crippen molar-refractivity contribution in [2.75, 3.05) is 0 Å². The second-order valence-corrected chi connectivity index (χ2v) is 4.84. The summed E-state index contributed by atoms with van der Waals surface area (Å²) in [5, 5.41) is 34.3. The minimum Gasteiger partial charge on any atom is -0.506 e. The Balaban J connectivity index is 0. The van der Waals surface area contributed by atoms with E-state index >= 15 is 0 Å². The third-order valence-electron chi connectivity index (χ3n) is 2.58. The van der Waals surface area contributed by atoms with Gasteiger partial charge in [0, 0.05) is 42.4 Å². The molecule has 0 atom stereocenters. The Hall–Kier alpha value is -3.37. The first kappa shape index (κ1) is 28.8. The van der Waals surface area contributed by atoms with Crippen molar-refractivity contribution in [2.24, 2.45) is 0 Å². The normalized spacial score (nSPS) is 8.00. The zero-order valence-corrected chi connectivity index (χ0v) is 18.6. The molecule has 4 N–H and O–H groups in total. The van der Waals surface area contributed by atoms with Gasteiger partial charge in [0.1, 0.15) is 23.0 Å². The zero-order valence-electron chi connectivity index (χ0n) is 15.7. The molecule has 30 heavy (non-hydrogen) atoms. The summed E-state index contributed by atoms with van der Waals surface area (Å²) in [5.41, 5.74) is 0. The second-order valence-electron chi connectivity index (χ2n) is 4.84. The van der Waals surface area contributed by atoms with Crippen LogP contribution >= 0.6 is 12.4 Å². The van der Waals surface area contributed by atoms with Gasteiger partial charge in [0.25, 0.3) is 0 Å². The topological polar surface area (TPSA) is 132 Å². The van der Waals surface area contributed by atoms with Gasteiger partial charge in [-0.05, 0) is 48.5 Å². The zero-order chi connectivity index (χ0) is 20.5. The first-order valence-corrected chi connectivity index (χ1v) is 7.94. The van der Waals surface area contributed by atoms with E-state index in [1.54, 1.807) is 73.3 Å². The van der Waals surface area contributed by atoms with E-state index in [9.17, 15) is 0 Å². The van der Waals surface area contributed by atoms with Gasteiger partial charge < -0.3 is 20.4 Å². The third kappa shape index (κ3) is 16.8. The van der Waals surface area contributed by atoms with Crippen LogP contribution in [0.15, 0.2) is 98.1 Å². The molecule has 0 aliphatic carbocycles. The molecule has 0 bridgehead atoms. The molecular weight excluding hydrogens is 468 g/mol. The van der Waals surface area contributed by atoms with E-state index in [0.29, 0.717) is 0 Å². The van der Waals surface area contributed by atoms with Gasteiger partial charge in [0.05, 0.1) is 24.8 Å². The number of aromatic nitrogens is 4. The first-order chi connectivity index (χ1) is 13.6. The summed E-state index contributed by atoms with van der Waals surface area (Å²) in [6, 6.07) is 13.0. The molecule has 10 heteroatoms. The summed E-state index contributed by atoms with van der Waals surface area (Å²) in [7, 11) is 0. The summed E-state index contributed by atoms with van der Waals surface area (Å²) < 4.78 is 0. The standard InChI is InChI=1S/4C5H5NO.ClH.Ge/c4*7-5-2-1-3-6-4-5;;/h4*1-4,7H;1H;. The summed E-state index contributed by atoms with van der Waals surface area (Å²) in [5.74, 6) is 0.843. The molecule has 8 nitrogen and oxygen atoms in total. The van der Waals surface area contributed by atoms with Crippen LogP contribution < -0.4 is 0 Å². The molecular formula is C20H21ClGeN4O4. The molecule has 0 saturated carbocycles. The van der Waals surface area contributed by atoms with Gasteiger partial charge in [-0.1, -0.05) is 0 Å². The molecule has 4 aromatic rings. The van der Waals surface area contributed by atoms with Gasteiger partial charge in [-0.3, -0.25) is 19.9 Å². The number of rotatable bonds is 0. The van der Waals surface area contributed by atoms with Crippen LogP contribution in [0.4, 0.5) is 0 Å². The minimum atomic E-state index is 0. The largest absolute Gasteiger partial charge is 0.506 e. The smallest absolute Gasteiger partial charge is 0.133 e. The van der Waals surface area contributed by atoms with E-state index in [1.807, 2.05) is 0 Å². The Kier molecular flexibility index (Phi) is 18.2. The van der Waals surface area contributed by atoms with Crippen molar-refractivity contribution >= 4 is 30.0 Å². The summed E-state index contributed by atoms with van der Waals surface area (Å²) in [4.78, 5) is 14.5. The molecule has 0 unspecified atom stereocenters. The molecule has 4 radical (unpaired) electrons. The van der Waals surface area contributed by atoms with Gasteiger partial charge in [-0.25, -0.2) is 0 Å². The van der Waals surface area contributed by atoms with Crippen molar-refractivity contribution in [3.05, 3.63) is 98.1 Å². The Bertz CT molecular complexity index is 715. The van der Waals surface area contributed by atoms with Gasteiger partial charge in [-0.2, -0.15) is 0 Å². The summed E-state index contributed by atoms with van der Waals surface area (Å²) in [6.07, 6.45) is 12.0. The average Bonchev–Trinajstić information content (AvgIpc) is 2.72. The van der Waals surface area contributed by atoms with E-state index < -0.39 is 0 Å². The number of pyridine rings is 4. The van der Waals surface area contributed by atoms with Crippen LogP contribution in [0.1, 0.15) is 0 Å². The van der Waals surface area contributed by atoms with Crippen LogP contribution in [0.3, 0.4) is 0 Å². The number of hydrogen-bond acceptors (Lipinski definition) is 8. The number of nitrogens with zero attached hydrogens (tertiary/aromatic N) is 4. The SMILES string of the molecule is Cl.Oc1cccnc1.Oc1cccnc1.Oc1cccnc1.Oc1cccnc1.[Ge]. The molecule has 0 aromatic carbocycles. The van der Waals surface area contributed by atoms with E-state index in [-0.39, 0.29) is 53.0 Å². The van der Waals surface area contributed by atoms with Gasteiger partial charge in [0.15, 0.2) is 0 Å². The molecule has 0 spiro atoms. The van der Waals surface area contributed by atoms with Crippen molar-refractivity contribution in [3.63, 3.8) is 0 Å². The molecule has 0 fully saturated rings. The predicted octanol–water partition coefficient (Wildman–Crippen LogP) is 3.19. The van der Waals surface area contributed by atoms with Gasteiger partial charge >= 0.3 is 0 Å².